The van der Waals surface area contributed by atoms with Gasteiger partial charge in [-0.05, 0) is 37.3 Å². The number of hydrogen-bond donors (Lipinski definition) is 1. The topological polar surface area (TPSA) is 33.1 Å². The lowest BCUT2D eigenvalue weighted by molar-refractivity contribution is 0.474. The summed E-state index contributed by atoms with van der Waals surface area (Å²) >= 11 is 1.65. The number of benzene rings is 2. The number of para-hydroxylation sites is 1. The molecule has 0 atom stereocenters. The number of phenolic OH excluding ortho intramolecular Hbond substituents is 1. The van der Waals surface area contributed by atoms with Gasteiger partial charge in [0.2, 0.25) is 0 Å². The summed E-state index contributed by atoms with van der Waals surface area (Å²) in [6.07, 6.45) is 0. The second-order valence-electron chi connectivity index (χ2n) is 4.38. The summed E-state index contributed by atoms with van der Waals surface area (Å²) in [4.78, 5) is 6.72. The molecule has 0 radical (unpaired) electrons. The Morgan fingerprint density at radius 1 is 1.00 bits per heavy atom. The van der Waals surface area contributed by atoms with Crippen LogP contribution in [0, 0.1) is 6.92 Å². The van der Waals surface area contributed by atoms with Gasteiger partial charge in [0.1, 0.15) is 5.75 Å². The van der Waals surface area contributed by atoms with E-state index in [4.69, 9.17) is 0 Å². The molecule has 0 bridgehead atoms. The Balaban J connectivity index is 2.09. The van der Waals surface area contributed by atoms with Gasteiger partial charge in [-0.3, -0.25) is 4.98 Å². The van der Waals surface area contributed by atoms with Crippen molar-refractivity contribution in [1.29, 1.82) is 0 Å². The highest BCUT2D eigenvalue weighted by atomic mass is 32.2. The largest absolute Gasteiger partial charge is 0.508 e. The Labute approximate surface area is 116 Å². The molecule has 0 unspecified atom stereocenters. The minimum atomic E-state index is 0.292. The van der Waals surface area contributed by atoms with Crippen LogP contribution in [-0.4, -0.2) is 10.1 Å². The molecule has 0 amide bonds. The lowest BCUT2D eigenvalue weighted by Crippen LogP contribution is -1.86. The summed E-state index contributed by atoms with van der Waals surface area (Å²) in [5.41, 5.74) is 2.01. The fraction of sp³-hybridized carbons (Fsp3) is 0.0625. The maximum absolute atomic E-state index is 9.53. The van der Waals surface area contributed by atoms with Crippen molar-refractivity contribution in [3.8, 4) is 5.75 Å². The van der Waals surface area contributed by atoms with Crippen LogP contribution in [0.2, 0.25) is 0 Å². The van der Waals surface area contributed by atoms with E-state index >= 15 is 0 Å². The van der Waals surface area contributed by atoms with Gasteiger partial charge in [0.05, 0.1) is 5.52 Å². The molecule has 1 N–H and O–H groups in total. The molecule has 3 aromatic rings. The van der Waals surface area contributed by atoms with Crippen LogP contribution in [0.25, 0.3) is 10.9 Å². The molecule has 0 saturated carbocycles. The van der Waals surface area contributed by atoms with Gasteiger partial charge in [0.25, 0.3) is 0 Å². The first-order valence-corrected chi connectivity index (χ1v) is 6.87. The standard InChI is InChI=1S/C16H13NOS/c1-11-9-16(14-7-2-3-8-15(14)17-11)19-13-6-4-5-12(18)10-13/h2-10,18H,1H3. The number of aryl methyl sites for hydroxylation is 1. The van der Waals surface area contributed by atoms with E-state index in [1.54, 1.807) is 23.9 Å². The van der Waals surface area contributed by atoms with E-state index in [9.17, 15) is 5.11 Å². The number of aromatic nitrogens is 1. The molecule has 0 saturated heterocycles. The third kappa shape index (κ3) is 2.56. The SMILES string of the molecule is Cc1cc(Sc2cccc(O)c2)c2ccccc2n1. The molecule has 94 valence electrons. The van der Waals surface area contributed by atoms with Crippen LogP contribution >= 0.6 is 11.8 Å². The van der Waals surface area contributed by atoms with Crippen LogP contribution in [-0.2, 0) is 0 Å². The molecule has 19 heavy (non-hydrogen) atoms. The number of phenols is 1. The molecule has 3 rings (SSSR count). The lowest BCUT2D eigenvalue weighted by atomic mass is 10.2. The zero-order chi connectivity index (χ0) is 13.2. The Hall–Kier alpha value is -2.00. The first-order valence-electron chi connectivity index (χ1n) is 6.06. The predicted octanol–water partition coefficient (Wildman–Crippen LogP) is 4.40. The van der Waals surface area contributed by atoms with Gasteiger partial charge in [-0.2, -0.15) is 0 Å². The predicted molar refractivity (Wildman–Crippen MR) is 78.7 cm³/mol. The van der Waals surface area contributed by atoms with E-state index in [-0.39, 0.29) is 0 Å². The summed E-state index contributed by atoms with van der Waals surface area (Å²) in [6.45, 7) is 2.00. The van der Waals surface area contributed by atoms with Crippen LogP contribution in [0.15, 0.2) is 64.4 Å². The van der Waals surface area contributed by atoms with Gasteiger partial charge in [-0.25, -0.2) is 0 Å². The average Bonchev–Trinajstić information content (AvgIpc) is 2.38. The highest BCUT2D eigenvalue weighted by Crippen LogP contribution is 2.34. The molecule has 1 heterocycles. The van der Waals surface area contributed by atoms with Gasteiger partial charge in [0, 0.05) is 20.9 Å². The molecule has 3 heteroatoms. The van der Waals surface area contributed by atoms with Crippen molar-refractivity contribution >= 4 is 22.7 Å². The molecule has 0 aliphatic heterocycles. The molecular formula is C16H13NOS. The number of rotatable bonds is 2. The van der Waals surface area contributed by atoms with Gasteiger partial charge in [0.15, 0.2) is 0 Å². The van der Waals surface area contributed by atoms with Crippen LogP contribution in [0.4, 0.5) is 0 Å². The quantitative estimate of drug-likeness (QED) is 0.747. The maximum atomic E-state index is 9.53. The number of hydrogen-bond acceptors (Lipinski definition) is 3. The third-order valence-electron chi connectivity index (χ3n) is 2.85. The number of nitrogens with zero attached hydrogens (tertiary/aromatic N) is 1. The second-order valence-corrected chi connectivity index (χ2v) is 5.49. The number of fused-ring (bicyclic) bond motifs is 1. The summed E-state index contributed by atoms with van der Waals surface area (Å²) in [5.74, 6) is 0.292. The normalized spacial score (nSPS) is 10.8. The van der Waals surface area contributed by atoms with E-state index in [1.807, 2.05) is 37.3 Å². The molecule has 0 aliphatic rings. The van der Waals surface area contributed by atoms with Crippen LogP contribution in [0.1, 0.15) is 5.69 Å². The summed E-state index contributed by atoms with van der Waals surface area (Å²) in [7, 11) is 0. The van der Waals surface area contributed by atoms with Crippen LogP contribution in [0.5, 0.6) is 5.75 Å². The Morgan fingerprint density at radius 3 is 2.68 bits per heavy atom. The molecule has 2 nitrogen and oxygen atoms in total. The van der Waals surface area contributed by atoms with Crippen LogP contribution < -0.4 is 0 Å². The molecule has 0 fully saturated rings. The van der Waals surface area contributed by atoms with Gasteiger partial charge in [-0.15, -0.1) is 0 Å². The smallest absolute Gasteiger partial charge is 0.116 e. The zero-order valence-electron chi connectivity index (χ0n) is 10.5. The zero-order valence-corrected chi connectivity index (χ0v) is 11.3. The van der Waals surface area contributed by atoms with Crippen molar-refractivity contribution in [2.45, 2.75) is 16.7 Å². The van der Waals surface area contributed by atoms with Gasteiger partial charge in [-0.1, -0.05) is 36.0 Å². The fourth-order valence-electron chi connectivity index (χ4n) is 2.03. The van der Waals surface area contributed by atoms with E-state index in [2.05, 4.69) is 17.1 Å². The minimum Gasteiger partial charge on any atom is -0.508 e. The Kier molecular flexibility index (Phi) is 3.13. The number of aromatic hydroxyl groups is 1. The van der Waals surface area contributed by atoms with E-state index in [0.29, 0.717) is 5.75 Å². The van der Waals surface area contributed by atoms with E-state index < -0.39 is 0 Å². The minimum absolute atomic E-state index is 0.292. The average molecular weight is 267 g/mol. The van der Waals surface area contributed by atoms with Crippen molar-refractivity contribution in [2.75, 3.05) is 0 Å². The Bertz CT molecular complexity index is 740. The first-order chi connectivity index (χ1) is 9.22. The van der Waals surface area contributed by atoms with Crippen LogP contribution in [0.3, 0.4) is 0 Å². The molecular weight excluding hydrogens is 254 g/mol. The van der Waals surface area contributed by atoms with Crippen molar-refractivity contribution in [1.82, 2.24) is 4.98 Å². The van der Waals surface area contributed by atoms with Gasteiger partial charge >= 0.3 is 0 Å². The van der Waals surface area contributed by atoms with E-state index in [1.165, 1.54) is 0 Å². The highest BCUT2D eigenvalue weighted by molar-refractivity contribution is 7.99. The Morgan fingerprint density at radius 2 is 1.84 bits per heavy atom. The monoisotopic (exact) mass is 267 g/mol. The van der Waals surface area contributed by atoms with Crippen molar-refractivity contribution < 1.29 is 5.11 Å². The van der Waals surface area contributed by atoms with Gasteiger partial charge < -0.3 is 5.11 Å². The number of pyridine rings is 1. The van der Waals surface area contributed by atoms with E-state index in [0.717, 1.165) is 26.4 Å². The summed E-state index contributed by atoms with van der Waals surface area (Å²) in [5, 5.41) is 10.7. The molecule has 0 spiro atoms. The lowest BCUT2D eigenvalue weighted by Gasteiger charge is -2.07. The van der Waals surface area contributed by atoms with Crippen molar-refractivity contribution in [2.24, 2.45) is 0 Å². The van der Waals surface area contributed by atoms with Crippen molar-refractivity contribution in [3.63, 3.8) is 0 Å². The molecule has 1 aromatic heterocycles. The second kappa shape index (κ2) is 4.94. The van der Waals surface area contributed by atoms with Crippen molar-refractivity contribution in [3.05, 3.63) is 60.3 Å². The third-order valence-corrected chi connectivity index (χ3v) is 3.90. The maximum Gasteiger partial charge on any atom is 0.116 e. The first kappa shape index (κ1) is 12.1. The molecule has 0 aliphatic carbocycles. The fourth-order valence-corrected chi connectivity index (χ4v) is 3.12. The summed E-state index contributed by atoms with van der Waals surface area (Å²) in [6, 6.07) is 17.5. The summed E-state index contributed by atoms with van der Waals surface area (Å²) < 4.78 is 0. The highest BCUT2D eigenvalue weighted by Gasteiger charge is 2.05. The molecule has 2 aromatic carbocycles.